The minimum atomic E-state index is -1.81. The number of likely N-dealkylation sites (N-methyl/N-ethyl adjacent to an activating group) is 1. The minimum Gasteiger partial charge on any atom is -0.478 e. The van der Waals surface area contributed by atoms with Gasteiger partial charge in [-0.25, -0.2) is 19.1 Å². The number of aliphatic carboxylic acids is 2. The molecule has 45 heavy (non-hydrogen) atoms. The smallest absolute Gasteiger partial charge is 0.352 e. The Morgan fingerprint density at radius 1 is 1.33 bits per heavy atom. The standard InChI is InChI=1S/C26H28ClN9O7S2/c1-26(2,24(41)42)43-33-15(14-18(27)45-25(28)32-14)20(37)31-16-21(38)36-17(23(39)40)12(10-44-22(16)36)9-34-7-4-5-13-19(34)30-11-35(13)8-6-29-3/h4-5,7,11,16,22,29H,6,8-10H2,1-3H3,(H4-,28,31,32,37,39,40,41,42)/p+1/b33-15+. The molecular formula is C26H29ClN9O7S2+. The molecule has 6 N–H and O–H groups in total. The largest absolute Gasteiger partial charge is 0.478 e. The van der Waals surface area contributed by atoms with Crippen LogP contribution in [0.25, 0.3) is 11.2 Å². The zero-order chi connectivity index (χ0) is 32.6. The number of carbonyl (C=O) groups excluding carboxylic acids is 2. The molecule has 2 unspecified atom stereocenters. The predicted octanol–water partition coefficient (Wildman–Crippen LogP) is 0.258. The summed E-state index contributed by atoms with van der Waals surface area (Å²) in [6.07, 6.45) is 3.52. The highest BCUT2D eigenvalue weighted by molar-refractivity contribution is 8.00. The molecule has 5 heterocycles. The summed E-state index contributed by atoms with van der Waals surface area (Å²) in [6, 6.07) is 2.66. The van der Waals surface area contributed by atoms with E-state index in [1.807, 2.05) is 28.3 Å². The molecule has 0 bridgehead atoms. The average molecular weight is 679 g/mol. The van der Waals surface area contributed by atoms with E-state index < -0.39 is 46.5 Å². The number of carboxylic acids is 2. The van der Waals surface area contributed by atoms with Gasteiger partial charge in [0.2, 0.25) is 11.9 Å². The number of imidazole rings is 1. The number of amides is 2. The highest BCUT2D eigenvalue weighted by Gasteiger charge is 2.54. The second-order valence-corrected chi connectivity index (χ2v) is 13.3. The number of nitrogens with two attached hydrogens (primary N) is 1. The van der Waals surface area contributed by atoms with Gasteiger partial charge in [-0.3, -0.25) is 14.5 Å². The number of thioether (sulfide) groups is 1. The first-order chi connectivity index (χ1) is 21.3. The van der Waals surface area contributed by atoms with E-state index in [0.29, 0.717) is 17.8 Å². The van der Waals surface area contributed by atoms with Crippen LogP contribution in [-0.4, -0.2) is 95.5 Å². The zero-order valence-corrected chi connectivity index (χ0v) is 26.6. The molecule has 0 aliphatic carbocycles. The number of hydrogen-bond acceptors (Lipinski definition) is 12. The van der Waals surface area contributed by atoms with Crippen LogP contribution in [0.3, 0.4) is 0 Å². The number of pyridine rings is 1. The second kappa shape index (κ2) is 12.6. The molecule has 16 nitrogen and oxygen atoms in total. The van der Waals surface area contributed by atoms with Crippen molar-refractivity contribution >= 4 is 80.5 Å². The van der Waals surface area contributed by atoms with Crippen molar-refractivity contribution in [3.05, 3.63) is 46.0 Å². The number of thiazole rings is 1. The number of hydrogen-bond donors (Lipinski definition) is 5. The van der Waals surface area contributed by atoms with Crippen LogP contribution in [-0.2, 0) is 37.1 Å². The van der Waals surface area contributed by atoms with Gasteiger partial charge in [0.25, 0.3) is 11.8 Å². The summed E-state index contributed by atoms with van der Waals surface area (Å²) in [7, 11) is 1.86. The summed E-state index contributed by atoms with van der Waals surface area (Å²) >= 11 is 8.35. The summed E-state index contributed by atoms with van der Waals surface area (Å²) in [5.41, 5.74) is 5.14. The Balaban J connectivity index is 1.39. The first-order valence-electron chi connectivity index (χ1n) is 13.4. The van der Waals surface area contributed by atoms with Gasteiger partial charge >= 0.3 is 17.6 Å². The van der Waals surface area contributed by atoms with Crippen molar-refractivity contribution in [2.75, 3.05) is 25.1 Å². The van der Waals surface area contributed by atoms with Gasteiger partial charge in [-0.05, 0) is 38.0 Å². The molecule has 2 aliphatic rings. The first kappa shape index (κ1) is 32.1. The van der Waals surface area contributed by atoms with Gasteiger partial charge < -0.3 is 36.0 Å². The maximum atomic E-state index is 13.4. The predicted molar refractivity (Wildman–Crippen MR) is 164 cm³/mol. The number of aromatic nitrogens is 4. The molecular weight excluding hydrogens is 650 g/mol. The van der Waals surface area contributed by atoms with Crippen LogP contribution in [0.1, 0.15) is 19.5 Å². The van der Waals surface area contributed by atoms with Crippen molar-refractivity contribution < 1.29 is 38.8 Å². The van der Waals surface area contributed by atoms with E-state index in [4.69, 9.17) is 22.2 Å². The lowest BCUT2D eigenvalue weighted by atomic mass is 10.0. The molecule has 19 heteroatoms. The lowest BCUT2D eigenvalue weighted by Crippen LogP contribution is -2.71. The maximum absolute atomic E-state index is 13.4. The Morgan fingerprint density at radius 2 is 2.09 bits per heavy atom. The number of nitrogens with one attached hydrogen (secondary N) is 2. The van der Waals surface area contributed by atoms with E-state index in [1.54, 1.807) is 12.5 Å². The fourth-order valence-electron chi connectivity index (χ4n) is 4.69. The van der Waals surface area contributed by atoms with Crippen LogP contribution in [0.5, 0.6) is 0 Å². The molecule has 1 fully saturated rings. The van der Waals surface area contributed by atoms with E-state index in [1.165, 1.54) is 25.6 Å². The van der Waals surface area contributed by atoms with Gasteiger partial charge in [-0.2, -0.15) is 0 Å². The third-order valence-electron chi connectivity index (χ3n) is 7.07. The molecule has 0 radical (unpaired) electrons. The number of β-lactam (4-membered cyclic amide) rings is 1. The third kappa shape index (κ3) is 6.18. The monoisotopic (exact) mass is 678 g/mol. The van der Waals surface area contributed by atoms with Crippen LogP contribution >= 0.6 is 34.7 Å². The van der Waals surface area contributed by atoms with Crippen LogP contribution in [0.15, 0.2) is 41.1 Å². The van der Waals surface area contributed by atoms with Gasteiger partial charge in [0.05, 0.1) is 6.20 Å². The van der Waals surface area contributed by atoms with Crippen LogP contribution in [0.2, 0.25) is 4.34 Å². The Hall–Kier alpha value is -4.26. The molecule has 2 atom stereocenters. The molecule has 3 aromatic heterocycles. The van der Waals surface area contributed by atoms with Crippen LogP contribution in [0.4, 0.5) is 5.13 Å². The van der Waals surface area contributed by atoms with Gasteiger partial charge in [0, 0.05) is 24.4 Å². The highest BCUT2D eigenvalue weighted by Crippen LogP contribution is 2.40. The van der Waals surface area contributed by atoms with Crippen molar-refractivity contribution in [1.29, 1.82) is 0 Å². The number of carbonyl (C=O) groups is 4. The summed E-state index contributed by atoms with van der Waals surface area (Å²) in [5, 5.41) is 28.2. The van der Waals surface area contributed by atoms with Gasteiger partial charge in [0.1, 0.15) is 39.2 Å². The van der Waals surface area contributed by atoms with E-state index in [9.17, 15) is 29.4 Å². The molecule has 238 valence electrons. The van der Waals surface area contributed by atoms with E-state index >= 15 is 0 Å². The highest BCUT2D eigenvalue weighted by atomic mass is 35.5. The molecule has 5 rings (SSSR count). The quantitative estimate of drug-likeness (QED) is 0.0754. The zero-order valence-electron chi connectivity index (χ0n) is 24.2. The second-order valence-electron chi connectivity index (χ2n) is 10.5. The number of oxime groups is 1. The lowest BCUT2D eigenvalue weighted by Gasteiger charge is -2.49. The Morgan fingerprint density at radius 3 is 2.73 bits per heavy atom. The number of anilines is 1. The summed E-state index contributed by atoms with van der Waals surface area (Å²) in [4.78, 5) is 65.5. The third-order valence-corrected chi connectivity index (χ3v) is 9.50. The van der Waals surface area contributed by atoms with Crippen molar-refractivity contribution in [3.8, 4) is 0 Å². The van der Waals surface area contributed by atoms with Gasteiger partial charge in [0.15, 0.2) is 10.8 Å². The fraction of sp³-hybridized carbons (Fsp3) is 0.385. The van der Waals surface area contributed by atoms with E-state index in [0.717, 1.165) is 28.3 Å². The molecule has 3 aromatic rings. The number of fused-ring (bicyclic) bond motifs is 2. The van der Waals surface area contributed by atoms with Crippen LogP contribution in [0, 0.1) is 0 Å². The lowest BCUT2D eigenvalue weighted by molar-refractivity contribution is -0.664. The number of halogens is 1. The number of carboxylic acid groups (broad SMARTS) is 2. The van der Waals surface area contributed by atoms with Crippen molar-refractivity contribution in [2.24, 2.45) is 5.16 Å². The maximum Gasteiger partial charge on any atom is 0.352 e. The Labute approximate surface area is 268 Å². The SMILES string of the molecule is CNCCn1cnc2c1ccc[n+]2CC1=C(C(=O)O)N2C(=O)C(NC(=O)/C(=N/OC(C)(C)C(=O)O)c3nc(N)sc3Cl)C2SC1. The number of rotatable bonds is 12. The first-order valence-corrected chi connectivity index (χ1v) is 15.7. The fourth-order valence-corrected chi connectivity index (χ4v) is 6.96. The van der Waals surface area contributed by atoms with Crippen molar-refractivity contribution in [2.45, 2.75) is 44.0 Å². The summed E-state index contributed by atoms with van der Waals surface area (Å²) in [6.45, 7) is 4.07. The summed E-state index contributed by atoms with van der Waals surface area (Å²) < 4.78 is 3.82. The average Bonchev–Trinajstić information content (AvgIpc) is 3.56. The van der Waals surface area contributed by atoms with Crippen molar-refractivity contribution in [3.63, 3.8) is 0 Å². The number of nitrogen functional groups attached to an aromatic ring is 1. The molecule has 0 saturated carbocycles. The molecule has 1 saturated heterocycles. The van der Waals surface area contributed by atoms with Crippen molar-refractivity contribution in [1.82, 2.24) is 30.1 Å². The summed E-state index contributed by atoms with van der Waals surface area (Å²) in [5.74, 6) is -3.96. The Bertz CT molecular complexity index is 1770. The molecule has 0 spiro atoms. The Kier molecular flexibility index (Phi) is 9.02. The van der Waals surface area contributed by atoms with Gasteiger partial charge in [-0.15, -0.1) is 11.8 Å². The molecule has 0 aromatic carbocycles. The molecule has 2 amide bonds. The number of nitrogens with zero attached hydrogens (tertiary/aromatic N) is 6. The topological polar surface area (TPSA) is 218 Å². The minimum absolute atomic E-state index is 0.00754. The van der Waals surface area contributed by atoms with Crippen LogP contribution < -0.4 is 20.9 Å². The van der Waals surface area contributed by atoms with E-state index in [2.05, 4.69) is 25.8 Å². The normalized spacial score (nSPS) is 18.5. The molecule has 2 aliphatic heterocycles. The van der Waals surface area contributed by atoms with Gasteiger partial charge in [-0.1, -0.05) is 28.1 Å². The van der Waals surface area contributed by atoms with E-state index in [-0.39, 0.29) is 33.2 Å².